The summed E-state index contributed by atoms with van der Waals surface area (Å²) in [6, 6.07) is 0.326. The first-order valence-corrected chi connectivity index (χ1v) is 5.20. The van der Waals surface area contributed by atoms with E-state index in [1.54, 1.807) is 0 Å². The lowest BCUT2D eigenvalue weighted by Gasteiger charge is -2.21. The van der Waals surface area contributed by atoms with E-state index in [4.69, 9.17) is 0 Å². The van der Waals surface area contributed by atoms with Crippen molar-refractivity contribution < 1.29 is 4.79 Å². The minimum absolute atomic E-state index is 0.274. The Morgan fingerprint density at radius 1 is 1.23 bits per heavy atom. The van der Waals surface area contributed by atoms with Crippen LogP contribution in [0.4, 0.5) is 0 Å². The fourth-order valence-corrected chi connectivity index (χ4v) is 1.13. The van der Waals surface area contributed by atoms with E-state index in [1.807, 2.05) is 25.8 Å². The van der Waals surface area contributed by atoms with Gasteiger partial charge < -0.3 is 4.90 Å². The Kier molecular flexibility index (Phi) is 5.76. The summed E-state index contributed by atoms with van der Waals surface area (Å²) in [5.41, 5.74) is 0. The third kappa shape index (κ3) is 5.67. The average Bonchev–Trinajstić information content (AvgIpc) is 2.02. The second kappa shape index (κ2) is 6.01. The molecule has 78 valence electrons. The smallest absolute Gasteiger partial charge is 0.222 e. The van der Waals surface area contributed by atoms with Gasteiger partial charge in [0.1, 0.15) is 0 Å². The van der Waals surface area contributed by atoms with Gasteiger partial charge in [-0.2, -0.15) is 0 Å². The number of nitrogens with zero attached hydrogens (tertiary/aromatic N) is 1. The van der Waals surface area contributed by atoms with Gasteiger partial charge in [0.2, 0.25) is 5.91 Å². The van der Waals surface area contributed by atoms with Crippen molar-refractivity contribution >= 4 is 5.91 Å². The Labute approximate surface area is 82.3 Å². The first kappa shape index (κ1) is 12.5. The third-order valence-corrected chi connectivity index (χ3v) is 2.34. The molecule has 0 aliphatic rings. The molecular formula is C11H23NO. The highest BCUT2D eigenvalue weighted by Crippen LogP contribution is 2.08. The van der Waals surface area contributed by atoms with Crippen LogP contribution in [-0.2, 0) is 4.79 Å². The molecule has 0 aliphatic heterocycles. The zero-order chi connectivity index (χ0) is 10.4. The van der Waals surface area contributed by atoms with E-state index in [1.165, 1.54) is 0 Å². The zero-order valence-electron chi connectivity index (χ0n) is 9.63. The predicted molar refractivity (Wildman–Crippen MR) is 56.6 cm³/mol. The number of carbonyl (C=O) groups is 1. The van der Waals surface area contributed by atoms with Crippen molar-refractivity contribution in [3.63, 3.8) is 0 Å². The van der Waals surface area contributed by atoms with Gasteiger partial charge in [-0.15, -0.1) is 0 Å². The summed E-state index contributed by atoms with van der Waals surface area (Å²) in [6.45, 7) is 8.47. The molecule has 0 unspecified atom stereocenters. The lowest BCUT2D eigenvalue weighted by atomic mass is 10.1. The minimum atomic E-state index is 0.274. The fourth-order valence-electron chi connectivity index (χ4n) is 1.13. The molecule has 2 heteroatoms. The number of hydrogen-bond acceptors (Lipinski definition) is 1. The molecule has 0 aromatic carbocycles. The molecule has 0 saturated carbocycles. The summed E-state index contributed by atoms with van der Waals surface area (Å²) in [6.07, 6.45) is 2.87. The van der Waals surface area contributed by atoms with Gasteiger partial charge in [0, 0.05) is 19.5 Å². The van der Waals surface area contributed by atoms with Crippen molar-refractivity contribution in [1.29, 1.82) is 0 Å². The highest BCUT2D eigenvalue weighted by molar-refractivity contribution is 5.76. The van der Waals surface area contributed by atoms with Crippen molar-refractivity contribution in [3.8, 4) is 0 Å². The second-order valence-electron chi connectivity index (χ2n) is 4.38. The number of hydrogen-bond donors (Lipinski definition) is 0. The van der Waals surface area contributed by atoms with Crippen LogP contribution in [0.2, 0.25) is 0 Å². The highest BCUT2D eigenvalue weighted by atomic mass is 16.2. The Morgan fingerprint density at radius 2 is 1.77 bits per heavy atom. The molecule has 0 atom stereocenters. The normalized spacial score (nSPS) is 11.0. The van der Waals surface area contributed by atoms with Gasteiger partial charge in [-0.25, -0.2) is 0 Å². The van der Waals surface area contributed by atoms with Crippen molar-refractivity contribution in [1.82, 2.24) is 4.90 Å². The quantitative estimate of drug-likeness (QED) is 0.645. The Bertz CT molecular complexity index is 152. The molecule has 0 saturated heterocycles. The second-order valence-corrected chi connectivity index (χ2v) is 4.38. The number of rotatable bonds is 5. The van der Waals surface area contributed by atoms with Crippen LogP contribution in [0.1, 0.15) is 47.0 Å². The maximum absolute atomic E-state index is 11.5. The Balaban J connectivity index is 3.62. The minimum Gasteiger partial charge on any atom is -0.343 e. The Morgan fingerprint density at radius 3 is 2.15 bits per heavy atom. The molecule has 0 aromatic rings. The highest BCUT2D eigenvalue weighted by Gasteiger charge is 2.10. The molecule has 0 fully saturated rings. The molecule has 13 heavy (non-hydrogen) atoms. The van der Waals surface area contributed by atoms with E-state index in [0.29, 0.717) is 18.4 Å². The molecule has 0 heterocycles. The largest absolute Gasteiger partial charge is 0.343 e. The van der Waals surface area contributed by atoms with Gasteiger partial charge in [-0.3, -0.25) is 4.79 Å². The Hall–Kier alpha value is -0.530. The zero-order valence-corrected chi connectivity index (χ0v) is 9.63. The molecular weight excluding hydrogens is 162 g/mol. The topological polar surface area (TPSA) is 20.3 Å². The van der Waals surface area contributed by atoms with Crippen molar-refractivity contribution in [2.24, 2.45) is 5.92 Å². The maximum Gasteiger partial charge on any atom is 0.222 e. The van der Waals surface area contributed by atoms with E-state index in [-0.39, 0.29) is 5.91 Å². The van der Waals surface area contributed by atoms with E-state index < -0.39 is 0 Å². The number of amides is 1. The SMILES string of the molecule is CC(C)CCCC(=O)N(C)C(C)C. The van der Waals surface area contributed by atoms with Crippen LogP contribution in [0, 0.1) is 5.92 Å². The molecule has 0 bridgehead atoms. The predicted octanol–water partition coefficient (Wildman–Crippen LogP) is 2.68. The summed E-state index contributed by atoms with van der Waals surface area (Å²) >= 11 is 0. The fraction of sp³-hybridized carbons (Fsp3) is 0.909. The molecule has 0 aromatic heterocycles. The van der Waals surface area contributed by atoms with Crippen LogP contribution in [0.25, 0.3) is 0 Å². The standard InChI is InChI=1S/C11H23NO/c1-9(2)7-6-8-11(13)12(5)10(3)4/h9-10H,6-8H2,1-5H3. The van der Waals surface area contributed by atoms with Gasteiger partial charge in [0.25, 0.3) is 0 Å². The summed E-state index contributed by atoms with van der Waals surface area (Å²) in [5, 5.41) is 0. The first-order valence-electron chi connectivity index (χ1n) is 5.20. The van der Waals surface area contributed by atoms with E-state index >= 15 is 0 Å². The molecule has 1 amide bonds. The van der Waals surface area contributed by atoms with Crippen LogP contribution in [0.5, 0.6) is 0 Å². The summed E-state index contributed by atoms with van der Waals surface area (Å²) in [5.74, 6) is 0.979. The lowest BCUT2D eigenvalue weighted by Crippen LogP contribution is -2.32. The van der Waals surface area contributed by atoms with Crippen molar-refractivity contribution in [3.05, 3.63) is 0 Å². The van der Waals surface area contributed by atoms with E-state index in [0.717, 1.165) is 12.8 Å². The van der Waals surface area contributed by atoms with Gasteiger partial charge in [0.15, 0.2) is 0 Å². The molecule has 0 aliphatic carbocycles. The van der Waals surface area contributed by atoms with Crippen molar-refractivity contribution in [2.75, 3.05) is 7.05 Å². The maximum atomic E-state index is 11.5. The van der Waals surface area contributed by atoms with Crippen LogP contribution < -0.4 is 0 Å². The van der Waals surface area contributed by atoms with E-state index in [2.05, 4.69) is 13.8 Å². The monoisotopic (exact) mass is 185 g/mol. The summed E-state index contributed by atoms with van der Waals surface area (Å²) in [4.78, 5) is 13.3. The first-order chi connectivity index (χ1) is 5.95. The summed E-state index contributed by atoms with van der Waals surface area (Å²) in [7, 11) is 1.88. The lowest BCUT2D eigenvalue weighted by molar-refractivity contribution is -0.131. The third-order valence-electron chi connectivity index (χ3n) is 2.34. The van der Waals surface area contributed by atoms with E-state index in [9.17, 15) is 4.79 Å². The number of carbonyl (C=O) groups excluding carboxylic acids is 1. The summed E-state index contributed by atoms with van der Waals surface area (Å²) < 4.78 is 0. The molecule has 0 rings (SSSR count). The van der Waals surface area contributed by atoms with Gasteiger partial charge >= 0.3 is 0 Å². The molecule has 0 radical (unpaired) electrons. The van der Waals surface area contributed by atoms with Gasteiger partial charge in [-0.05, 0) is 26.2 Å². The van der Waals surface area contributed by atoms with Crippen LogP contribution >= 0.6 is 0 Å². The molecule has 2 nitrogen and oxygen atoms in total. The van der Waals surface area contributed by atoms with Gasteiger partial charge in [0.05, 0.1) is 0 Å². The average molecular weight is 185 g/mol. The molecule has 0 spiro atoms. The molecule has 0 N–H and O–H groups in total. The van der Waals surface area contributed by atoms with Crippen molar-refractivity contribution in [2.45, 2.75) is 53.0 Å². The van der Waals surface area contributed by atoms with Gasteiger partial charge in [-0.1, -0.05) is 20.3 Å². The van der Waals surface area contributed by atoms with Crippen LogP contribution in [0.15, 0.2) is 0 Å². The van der Waals surface area contributed by atoms with Crippen LogP contribution in [-0.4, -0.2) is 23.9 Å². The van der Waals surface area contributed by atoms with Crippen LogP contribution in [0.3, 0.4) is 0 Å².